The van der Waals surface area contributed by atoms with Crippen LogP contribution in [0.15, 0.2) is 24.3 Å². The first-order valence-corrected chi connectivity index (χ1v) is 6.81. The van der Waals surface area contributed by atoms with Crippen LogP contribution < -0.4 is 11.1 Å². The maximum atomic E-state index is 11.8. The van der Waals surface area contributed by atoms with Crippen LogP contribution in [0.2, 0.25) is 0 Å². The number of unbranched alkanes of at least 4 members (excludes halogenated alkanes) is 1. The van der Waals surface area contributed by atoms with Crippen LogP contribution in [-0.4, -0.2) is 30.7 Å². The average molecular weight is 280 g/mol. The van der Waals surface area contributed by atoms with Gasteiger partial charge in [0.15, 0.2) is 0 Å². The van der Waals surface area contributed by atoms with Crippen molar-refractivity contribution in [2.24, 2.45) is 5.73 Å². The second kappa shape index (κ2) is 8.61. The van der Waals surface area contributed by atoms with Gasteiger partial charge >= 0.3 is 0 Å². The van der Waals surface area contributed by atoms with Crippen LogP contribution in [0.3, 0.4) is 0 Å². The predicted molar refractivity (Wildman–Crippen MR) is 80.4 cm³/mol. The summed E-state index contributed by atoms with van der Waals surface area (Å²) in [4.78, 5) is 12.1. The van der Waals surface area contributed by atoms with Crippen molar-refractivity contribution in [1.29, 1.82) is 0 Å². The van der Waals surface area contributed by atoms with E-state index in [-0.39, 0.29) is 5.91 Å². The SMILES string of the molecule is CCCCOCCNC(=O)c1ccc(C(N)=S)cc1. The van der Waals surface area contributed by atoms with Gasteiger partial charge < -0.3 is 15.8 Å². The quantitative estimate of drug-likeness (QED) is 0.563. The summed E-state index contributed by atoms with van der Waals surface area (Å²) in [5.41, 5.74) is 6.84. The van der Waals surface area contributed by atoms with Crippen LogP contribution in [0, 0.1) is 0 Å². The molecule has 0 aliphatic carbocycles. The van der Waals surface area contributed by atoms with Crippen molar-refractivity contribution in [3.63, 3.8) is 0 Å². The van der Waals surface area contributed by atoms with Crippen molar-refractivity contribution in [3.05, 3.63) is 35.4 Å². The first-order valence-electron chi connectivity index (χ1n) is 6.41. The van der Waals surface area contributed by atoms with Crippen LogP contribution in [0.5, 0.6) is 0 Å². The Morgan fingerprint density at radius 2 is 1.89 bits per heavy atom. The third kappa shape index (κ3) is 5.81. The Kier molecular flexibility index (Phi) is 7.07. The number of thiocarbonyl (C=S) groups is 1. The summed E-state index contributed by atoms with van der Waals surface area (Å²) in [6.07, 6.45) is 2.16. The molecule has 0 unspecified atom stereocenters. The van der Waals surface area contributed by atoms with E-state index in [9.17, 15) is 4.79 Å². The molecule has 104 valence electrons. The number of carbonyl (C=O) groups excluding carboxylic acids is 1. The van der Waals surface area contributed by atoms with Gasteiger partial charge in [0, 0.05) is 24.3 Å². The van der Waals surface area contributed by atoms with E-state index < -0.39 is 0 Å². The summed E-state index contributed by atoms with van der Waals surface area (Å²) in [5, 5.41) is 2.80. The van der Waals surface area contributed by atoms with Gasteiger partial charge in [0.2, 0.25) is 0 Å². The van der Waals surface area contributed by atoms with E-state index in [1.165, 1.54) is 0 Å². The number of hydrogen-bond donors (Lipinski definition) is 2. The minimum absolute atomic E-state index is 0.117. The molecule has 19 heavy (non-hydrogen) atoms. The molecule has 1 rings (SSSR count). The zero-order valence-electron chi connectivity index (χ0n) is 11.1. The van der Waals surface area contributed by atoms with Gasteiger partial charge in [-0.3, -0.25) is 4.79 Å². The van der Waals surface area contributed by atoms with Crippen molar-refractivity contribution < 1.29 is 9.53 Å². The maximum Gasteiger partial charge on any atom is 0.251 e. The third-order valence-corrected chi connectivity index (χ3v) is 2.84. The van der Waals surface area contributed by atoms with Crippen LogP contribution in [0.1, 0.15) is 35.7 Å². The van der Waals surface area contributed by atoms with E-state index in [1.807, 2.05) is 0 Å². The third-order valence-electron chi connectivity index (χ3n) is 2.61. The second-order valence-corrected chi connectivity index (χ2v) is 4.60. The van der Waals surface area contributed by atoms with Crippen LogP contribution in [0.25, 0.3) is 0 Å². The van der Waals surface area contributed by atoms with E-state index >= 15 is 0 Å². The van der Waals surface area contributed by atoms with Gasteiger partial charge in [0.25, 0.3) is 5.91 Å². The Morgan fingerprint density at radius 1 is 1.26 bits per heavy atom. The highest BCUT2D eigenvalue weighted by atomic mass is 32.1. The molecule has 0 spiro atoms. The summed E-state index contributed by atoms with van der Waals surface area (Å²) >= 11 is 4.85. The van der Waals surface area contributed by atoms with Crippen molar-refractivity contribution in [1.82, 2.24) is 5.32 Å². The largest absolute Gasteiger partial charge is 0.389 e. The predicted octanol–water partition coefficient (Wildman–Crippen LogP) is 1.87. The van der Waals surface area contributed by atoms with Crippen molar-refractivity contribution in [3.8, 4) is 0 Å². The zero-order valence-corrected chi connectivity index (χ0v) is 12.0. The molecule has 0 saturated heterocycles. The highest BCUT2D eigenvalue weighted by molar-refractivity contribution is 7.80. The topological polar surface area (TPSA) is 64.3 Å². The molecule has 5 heteroatoms. The normalized spacial score (nSPS) is 10.2. The Labute approximate surface area is 119 Å². The van der Waals surface area contributed by atoms with Crippen LogP contribution in [-0.2, 0) is 4.74 Å². The maximum absolute atomic E-state index is 11.8. The highest BCUT2D eigenvalue weighted by Crippen LogP contribution is 2.04. The number of nitrogens with one attached hydrogen (secondary N) is 1. The number of hydrogen-bond acceptors (Lipinski definition) is 3. The fourth-order valence-corrected chi connectivity index (χ4v) is 1.61. The van der Waals surface area contributed by atoms with Crippen molar-refractivity contribution >= 4 is 23.1 Å². The van der Waals surface area contributed by atoms with Gasteiger partial charge in [0.05, 0.1) is 6.61 Å². The summed E-state index contributed by atoms with van der Waals surface area (Å²) in [5.74, 6) is -0.117. The lowest BCUT2D eigenvalue weighted by molar-refractivity contribution is 0.0913. The van der Waals surface area contributed by atoms with E-state index in [0.29, 0.717) is 23.7 Å². The van der Waals surface area contributed by atoms with E-state index in [1.54, 1.807) is 24.3 Å². The molecule has 1 amide bonds. The van der Waals surface area contributed by atoms with Crippen molar-refractivity contribution in [2.75, 3.05) is 19.8 Å². The number of rotatable bonds is 8. The van der Waals surface area contributed by atoms with Crippen molar-refractivity contribution in [2.45, 2.75) is 19.8 Å². The molecule has 0 saturated carbocycles. The Bertz CT molecular complexity index is 418. The number of nitrogens with two attached hydrogens (primary N) is 1. The molecule has 0 radical (unpaired) electrons. The fraction of sp³-hybridized carbons (Fsp3) is 0.429. The monoisotopic (exact) mass is 280 g/mol. The van der Waals surface area contributed by atoms with Gasteiger partial charge in [-0.25, -0.2) is 0 Å². The molecule has 1 aromatic carbocycles. The van der Waals surface area contributed by atoms with E-state index in [0.717, 1.165) is 25.0 Å². The number of benzene rings is 1. The first-order chi connectivity index (χ1) is 9.15. The van der Waals surface area contributed by atoms with E-state index in [2.05, 4.69) is 12.2 Å². The van der Waals surface area contributed by atoms with Gasteiger partial charge in [-0.05, 0) is 18.6 Å². The van der Waals surface area contributed by atoms with Gasteiger partial charge in [0.1, 0.15) is 4.99 Å². The molecule has 0 heterocycles. The minimum atomic E-state index is -0.117. The van der Waals surface area contributed by atoms with Gasteiger partial charge in [-0.15, -0.1) is 0 Å². The lowest BCUT2D eigenvalue weighted by atomic mass is 10.1. The minimum Gasteiger partial charge on any atom is -0.389 e. The zero-order chi connectivity index (χ0) is 14.1. The number of amides is 1. The highest BCUT2D eigenvalue weighted by Gasteiger charge is 2.05. The number of ether oxygens (including phenoxy) is 1. The molecule has 0 bridgehead atoms. The second-order valence-electron chi connectivity index (χ2n) is 4.16. The molecular weight excluding hydrogens is 260 g/mol. The molecule has 0 aromatic heterocycles. The molecule has 0 atom stereocenters. The Morgan fingerprint density at radius 3 is 2.47 bits per heavy atom. The summed E-state index contributed by atoms with van der Waals surface area (Å²) in [7, 11) is 0. The molecule has 0 aliphatic heterocycles. The smallest absolute Gasteiger partial charge is 0.251 e. The molecular formula is C14H20N2O2S. The molecule has 0 aliphatic rings. The van der Waals surface area contributed by atoms with Crippen LogP contribution >= 0.6 is 12.2 Å². The summed E-state index contributed by atoms with van der Waals surface area (Å²) in [6, 6.07) is 6.91. The fourth-order valence-electron chi connectivity index (χ4n) is 1.47. The van der Waals surface area contributed by atoms with Gasteiger partial charge in [-0.2, -0.15) is 0 Å². The molecule has 4 nitrogen and oxygen atoms in total. The molecule has 3 N–H and O–H groups in total. The molecule has 0 fully saturated rings. The van der Waals surface area contributed by atoms with Gasteiger partial charge in [-0.1, -0.05) is 37.7 Å². The van der Waals surface area contributed by atoms with Crippen LogP contribution in [0.4, 0.5) is 0 Å². The number of carbonyl (C=O) groups is 1. The standard InChI is InChI=1S/C14H20N2O2S/c1-2-3-9-18-10-8-16-14(17)12-6-4-11(5-7-12)13(15)19/h4-7H,2-3,8-10H2,1H3,(H2,15,19)(H,16,17). The van der Waals surface area contributed by atoms with E-state index in [4.69, 9.17) is 22.7 Å². The Balaban J connectivity index is 2.31. The summed E-state index contributed by atoms with van der Waals surface area (Å²) < 4.78 is 5.36. The first kappa shape index (κ1) is 15.6. The average Bonchev–Trinajstić information content (AvgIpc) is 2.42. The molecule has 1 aromatic rings. The summed E-state index contributed by atoms with van der Waals surface area (Å²) in [6.45, 7) is 3.91. The lowest BCUT2D eigenvalue weighted by Crippen LogP contribution is -2.27. The lowest BCUT2D eigenvalue weighted by Gasteiger charge is -2.06. The Hall–Kier alpha value is -1.46.